The number of benzene rings is 2. The van der Waals surface area contributed by atoms with E-state index in [2.05, 4.69) is 16.3 Å². The molecule has 0 spiro atoms. The first kappa shape index (κ1) is 21.3. The van der Waals surface area contributed by atoms with Crippen molar-refractivity contribution in [1.29, 1.82) is 0 Å². The third-order valence-electron chi connectivity index (χ3n) is 3.68. The molecule has 2 aromatic rings. The van der Waals surface area contributed by atoms with Crippen LogP contribution in [0.1, 0.15) is 31.2 Å². The molecule has 28 heavy (non-hydrogen) atoms. The third kappa shape index (κ3) is 9.11. The lowest BCUT2D eigenvalue weighted by Gasteiger charge is -2.08. The van der Waals surface area contributed by atoms with Crippen molar-refractivity contribution in [3.05, 3.63) is 66.0 Å². The number of urea groups is 1. The molecule has 0 saturated carbocycles. The molecule has 0 saturated heterocycles. The molecule has 7 nitrogen and oxygen atoms in total. The highest BCUT2D eigenvalue weighted by Crippen LogP contribution is 2.07. The first-order valence-electron chi connectivity index (χ1n) is 9.02. The van der Waals surface area contributed by atoms with Crippen LogP contribution in [0.2, 0.25) is 0 Å². The average molecular weight is 389 g/mol. The lowest BCUT2D eigenvalue weighted by atomic mass is 10.2. The summed E-state index contributed by atoms with van der Waals surface area (Å²) in [4.78, 5) is 33.4. The normalized spacial score (nSPS) is 10.3. The minimum atomic E-state index is -0.540. The lowest BCUT2D eigenvalue weighted by Crippen LogP contribution is -2.29. The fraction of sp³-hybridized carbons (Fsp3) is 0.300. The van der Waals surface area contributed by atoms with Crippen LogP contribution in [-0.2, 0) is 21.1 Å². The lowest BCUT2D eigenvalue weighted by molar-refractivity contribution is -0.134. The fourth-order valence-electron chi connectivity index (χ4n) is 2.27. The number of carbonyl (C=O) groups excluding carboxylic acids is 2. The van der Waals surface area contributed by atoms with Gasteiger partial charge in [0.1, 0.15) is 5.82 Å². The predicted molar refractivity (Wildman–Crippen MR) is 102 cm³/mol. The van der Waals surface area contributed by atoms with E-state index >= 15 is 0 Å². The molecule has 0 atom stereocenters. The van der Waals surface area contributed by atoms with Gasteiger partial charge < -0.3 is 5.32 Å². The fourth-order valence-corrected chi connectivity index (χ4v) is 2.27. The first-order valence-corrected chi connectivity index (χ1v) is 9.02. The molecule has 0 aliphatic heterocycles. The number of hydroxylamine groups is 2. The van der Waals surface area contributed by atoms with Crippen molar-refractivity contribution in [3.8, 4) is 0 Å². The minimum absolute atomic E-state index is 0.173. The van der Waals surface area contributed by atoms with E-state index in [9.17, 15) is 14.0 Å². The van der Waals surface area contributed by atoms with Gasteiger partial charge in [-0.3, -0.25) is 14.5 Å². The number of rotatable bonds is 11. The van der Waals surface area contributed by atoms with E-state index in [-0.39, 0.29) is 11.7 Å². The van der Waals surface area contributed by atoms with Gasteiger partial charge in [0.25, 0.3) is 0 Å². The number of nitrogens with one attached hydrogen (secondary N) is 3. The Bertz CT molecular complexity index is 726. The van der Waals surface area contributed by atoms with Crippen LogP contribution in [0.3, 0.4) is 0 Å². The topological polar surface area (TPSA) is 88.7 Å². The summed E-state index contributed by atoms with van der Waals surface area (Å²) in [6.45, 7) is 0.648. The first-order chi connectivity index (χ1) is 13.6. The second kappa shape index (κ2) is 12.4. The summed E-state index contributed by atoms with van der Waals surface area (Å²) < 4.78 is 12.8. The van der Waals surface area contributed by atoms with Gasteiger partial charge in [-0.05, 0) is 42.7 Å². The van der Waals surface area contributed by atoms with Gasteiger partial charge in [0.2, 0.25) is 5.91 Å². The summed E-state index contributed by atoms with van der Waals surface area (Å²) >= 11 is 0. The molecule has 0 heterocycles. The largest absolute Gasteiger partial charge is 0.343 e. The average Bonchev–Trinajstić information content (AvgIpc) is 2.70. The van der Waals surface area contributed by atoms with E-state index in [1.807, 2.05) is 30.3 Å². The van der Waals surface area contributed by atoms with Gasteiger partial charge in [0.15, 0.2) is 0 Å². The molecule has 150 valence electrons. The molecule has 0 aliphatic rings. The molecule has 0 aromatic heterocycles. The van der Waals surface area contributed by atoms with Gasteiger partial charge in [0.05, 0.1) is 13.2 Å². The molecule has 2 rings (SSSR count). The Balaban J connectivity index is 1.43. The Kier molecular flexibility index (Phi) is 9.46. The number of hydrogen-bond acceptors (Lipinski definition) is 4. The molecule has 8 heteroatoms. The maximum Gasteiger partial charge on any atom is 0.343 e. The second-order valence-electron chi connectivity index (χ2n) is 6.02. The zero-order valence-electron chi connectivity index (χ0n) is 15.4. The van der Waals surface area contributed by atoms with Crippen LogP contribution < -0.4 is 16.3 Å². The number of hydrogen-bond donors (Lipinski definition) is 3. The Morgan fingerprint density at radius 3 is 2.36 bits per heavy atom. The van der Waals surface area contributed by atoms with Crippen molar-refractivity contribution in [1.82, 2.24) is 11.0 Å². The number of amides is 3. The second-order valence-corrected chi connectivity index (χ2v) is 6.02. The smallest absolute Gasteiger partial charge is 0.306 e. The highest BCUT2D eigenvalue weighted by molar-refractivity contribution is 5.88. The molecule has 0 radical (unpaired) electrons. The van der Waals surface area contributed by atoms with E-state index in [0.29, 0.717) is 38.2 Å². The highest BCUT2D eigenvalue weighted by Gasteiger charge is 2.03. The van der Waals surface area contributed by atoms with E-state index in [1.165, 1.54) is 24.3 Å². The van der Waals surface area contributed by atoms with Crippen LogP contribution in [0.25, 0.3) is 0 Å². The number of anilines is 1. The summed E-state index contributed by atoms with van der Waals surface area (Å²) in [5.41, 5.74) is 6.11. The monoisotopic (exact) mass is 389 g/mol. The van der Waals surface area contributed by atoms with Crippen LogP contribution in [0.15, 0.2) is 54.6 Å². The Morgan fingerprint density at radius 1 is 0.857 bits per heavy atom. The van der Waals surface area contributed by atoms with Crippen molar-refractivity contribution in [3.63, 3.8) is 0 Å². The summed E-state index contributed by atoms with van der Waals surface area (Å²) in [6, 6.07) is 14.4. The Morgan fingerprint density at radius 2 is 1.61 bits per heavy atom. The predicted octanol–water partition coefficient (Wildman–Crippen LogP) is 3.69. The zero-order valence-corrected chi connectivity index (χ0v) is 15.4. The maximum absolute atomic E-state index is 12.8. The molecule has 0 aliphatic carbocycles. The molecule has 0 bridgehead atoms. The maximum atomic E-state index is 12.8. The van der Waals surface area contributed by atoms with Gasteiger partial charge in [-0.1, -0.05) is 36.8 Å². The van der Waals surface area contributed by atoms with Crippen LogP contribution >= 0.6 is 0 Å². The van der Waals surface area contributed by atoms with Crippen molar-refractivity contribution in [2.45, 2.75) is 32.3 Å². The summed E-state index contributed by atoms with van der Waals surface area (Å²) in [6.07, 6.45) is 2.50. The highest BCUT2D eigenvalue weighted by atomic mass is 19.1. The number of carbonyl (C=O) groups is 2. The molecule has 3 N–H and O–H groups in total. The molecule has 2 aromatic carbocycles. The van der Waals surface area contributed by atoms with Crippen LogP contribution in [-0.4, -0.2) is 18.5 Å². The van der Waals surface area contributed by atoms with Gasteiger partial charge in [-0.15, -0.1) is 0 Å². The molecular formula is C20H24FN3O4. The van der Waals surface area contributed by atoms with Crippen LogP contribution in [0.4, 0.5) is 14.9 Å². The minimum Gasteiger partial charge on any atom is -0.306 e. The molecule has 0 unspecified atom stereocenters. The molecule has 3 amide bonds. The van der Waals surface area contributed by atoms with E-state index in [0.717, 1.165) is 12.0 Å². The van der Waals surface area contributed by atoms with Crippen LogP contribution in [0, 0.1) is 5.82 Å². The SMILES string of the molecule is O=C(CCCCCONC(=O)Nc1ccc(F)cc1)NOCc1ccccc1. The van der Waals surface area contributed by atoms with E-state index in [4.69, 9.17) is 9.68 Å². The van der Waals surface area contributed by atoms with Crippen molar-refractivity contribution < 1.29 is 23.7 Å². The molecular weight excluding hydrogens is 365 g/mol. The van der Waals surface area contributed by atoms with Gasteiger partial charge >= 0.3 is 6.03 Å². The van der Waals surface area contributed by atoms with Crippen LogP contribution in [0.5, 0.6) is 0 Å². The summed E-state index contributed by atoms with van der Waals surface area (Å²) in [5, 5.41) is 2.51. The van der Waals surface area contributed by atoms with Gasteiger partial charge in [-0.2, -0.15) is 0 Å². The van der Waals surface area contributed by atoms with Crippen molar-refractivity contribution in [2.24, 2.45) is 0 Å². The Labute approximate surface area is 163 Å². The Hall–Kier alpha value is -2.97. The number of unbranched alkanes of at least 4 members (excludes halogenated alkanes) is 2. The summed E-state index contributed by atoms with van der Waals surface area (Å²) in [5.74, 6) is -0.549. The number of halogens is 1. The van der Waals surface area contributed by atoms with Gasteiger partial charge in [0, 0.05) is 12.1 Å². The third-order valence-corrected chi connectivity index (χ3v) is 3.68. The van der Waals surface area contributed by atoms with Gasteiger partial charge in [-0.25, -0.2) is 20.1 Å². The standard InChI is InChI=1S/C20H24FN3O4/c21-17-10-12-18(13-11-17)22-20(26)24-27-14-6-2-5-9-19(25)23-28-15-16-7-3-1-4-8-16/h1,3-4,7-8,10-13H,2,5-6,9,14-15H2,(H,23,25)(H2,22,24,26). The van der Waals surface area contributed by atoms with Crippen molar-refractivity contribution in [2.75, 3.05) is 11.9 Å². The summed E-state index contributed by atoms with van der Waals surface area (Å²) in [7, 11) is 0. The zero-order chi connectivity index (χ0) is 20.0. The quantitative estimate of drug-likeness (QED) is 0.404. The van der Waals surface area contributed by atoms with Crippen molar-refractivity contribution >= 4 is 17.6 Å². The van der Waals surface area contributed by atoms with E-state index in [1.54, 1.807) is 0 Å². The molecule has 0 fully saturated rings. The van der Waals surface area contributed by atoms with E-state index < -0.39 is 6.03 Å².